The Morgan fingerprint density at radius 3 is 2.67 bits per heavy atom. The van der Waals surface area contributed by atoms with Crippen LogP contribution in [0.15, 0.2) is 30.3 Å². The summed E-state index contributed by atoms with van der Waals surface area (Å²) in [5.74, 6) is 0.473. The maximum Gasteiger partial charge on any atom is 0.186 e. The van der Waals surface area contributed by atoms with Crippen LogP contribution in [-0.4, -0.2) is 15.0 Å². The molecule has 4 nitrogen and oxygen atoms in total. The number of hydrogen-bond donors (Lipinski definition) is 0. The zero-order chi connectivity index (χ0) is 12.5. The Labute approximate surface area is 106 Å². The second-order valence-electron chi connectivity index (χ2n) is 4.74. The Morgan fingerprint density at radius 2 is 2.06 bits per heavy atom. The van der Waals surface area contributed by atoms with Gasteiger partial charge in [-0.15, -0.1) is 5.10 Å². The molecule has 0 amide bonds. The van der Waals surface area contributed by atoms with Gasteiger partial charge in [-0.1, -0.05) is 35.5 Å². The number of benzene rings is 1. The van der Waals surface area contributed by atoms with Crippen molar-refractivity contribution in [2.75, 3.05) is 0 Å². The first kappa shape index (κ1) is 11.0. The SMILES string of the molecule is CC(c1ccccc1)n1nnc(C#N)c1C1CC1. The normalized spacial score (nSPS) is 16.2. The van der Waals surface area contributed by atoms with E-state index in [-0.39, 0.29) is 6.04 Å². The Morgan fingerprint density at radius 1 is 1.33 bits per heavy atom. The van der Waals surface area contributed by atoms with E-state index in [4.69, 9.17) is 5.26 Å². The van der Waals surface area contributed by atoms with Crippen LogP contribution < -0.4 is 0 Å². The topological polar surface area (TPSA) is 54.5 Å². The highest BCUT2D eigenvalue weighted by atomic mass is 15.4. The van der Waals surface area contributed by atoms with Gasteiger partial charge in [0.25, 0.3) is 0 Å². The van der Waals surface area contributed by atoms with Crippen LogP contribution >= 0.6 is 0 Å². The summed E-state index contributed by atoms with van der Waals surface area (Å²) in [6.07, 6.45) is 2.28. The second kappa shape index (κ2) is 4.26. The molecule has 1 aromatic heterocycles. The average Bonchev–Trinajstić information content (AvgIpc) is 3.18. The van der Waals surface area contributed by atoms with Crippen molar-refractivity contribution >= 4 is 0 Å². The molecule has 1 atom stereocenters. The van der Waals surface area contributed by atoms with Crippen molar-refractivity contribution in [1.82, 2.24) is 15.0 Å². The largest absolute Gasteiger partial charge is 0.240 e. The van der Waals surface area contributed by atoms with E-state index in [1.54, 1.807) is 0 Å². The van der Waals surface area contributed by atoms with Crippen molar-refractivity contribution in [2.45, 2.75) is 31.7 Å². The summed E-state index contributed by atoms with van der Waals surface area (Å²) in [5.41, 5.74) is 2.68. The molecular formula is C14H14N4. The highest BCUT2D eigenvalue weighted by Gasteiger charge is 2.32. The van der Waals surface area contributed by atoms with Crippen molar-refractivity contribution in [3.05, 3.63) is 47.3 Å². The third kappa shape index (κ3) is 1.78. The van der Waals surface area contributed by atoms with Gasteiger partial charge in [-0.25, -0.2) is 4.68 Å². The van der Waals surface area contributed by atoms with Crippen molar-refractivity contribution in [3.63, 3.8) is 0 Å². The monoisotopic (exact) mass is 238 g/mol. The molecule has 0 N–H and O–H groups in total. The van der Waals surface area contributed by atoms with Gasteiger partial charge in [0.15, 0.2) is 5.69 Å². The lowest BCUT2D eigenvalue weighted by atomic mass is 10.1. The molecule has 2 aromatic rings. The molecule has 1 saturated carbocycles. The summed E-state index contributed by atoms with van der Waals surface area (Å²) in [5, 5.41) is 17.3. The molecule has 1 aliphatic rings. The molecule has 3 rings (SSSR count). The summed E-state index contributed by atoms with van der Waals surface area (Å²) >= 11 is 0. The predicted octanol–water partition coefficient (Wildman–Crippen LogP) is 2.64. The highest BCUT2D eigenvalue weighted by Crippen LogP contribution is 2.42. The van der Waals surface area contributed by atoms with Crippen molar-refractivity contribution < 1.29 is 0 Å². The van der Waals surface area contributed by atoms with E-state index in [1.165, 1.54) is 5.56 Å². The van der Waals surface area contributed by atoms with Crippen LogP contribution in [0.2, 0.25) is 0 Å². The average molecular weight is 238 g/mol. The van der Waals surface area contributed by atoms with E-state index >= 15 is 0 Å². The molecule has 0 aliphatic heterocycles. The fourth-order valence-electron chi connectivity index (χ4n) is 2.28. The van der Waals surface area contributed by atoms with E-state index in [2.05, 4.69) is 35.4 Å². The minimum Gasteiger partial charge on any atom is -0.240 e. The lowest BCUT2D eigenvalue weighted by molar-refractivity contribution is 0.521. The van der Waals surface area contributed by atoms with Crippen LogP contribution in [0.1, 0.15) is 48.7 Å². The Balaban J connectivity index is 2.02. The molecule has 0 spiro atoms. The van der Waals surface area contributed by atoms with Gasteiger partial charge >= 0.3 is 0 Å². The molecule has 90 valence electrons. The molecular weight excluding hydrogens is 224 g/mol. The maximum absolute atomic E-state index is 9.09. The lowest BCUT2D eigenvalue weighted by Gasteiger charge is -2.14. The second-order valence-corrected chi connectivity index (χ2v) is 4.74. The third-order valence-electron chi connectivity index (χ3n) is 3.45. The van der Waals surface area contributed by atoms with Crippen LogP contribution in [0.25, 0.3) is 0 Å². The van der Waals surface area contributed by atoms with Crippen LogP contribution in [0.3, 0.4) is 0 Å². The lowest BCUT2D eigenvalue weighted by Crippen LogP contribution is -2.12. The van der Waals surface area contributed by atoms with Crippen LogP contribution in [0, 0.1) is 11.3 Å². The number of rotatable bonds is 3. The van der Waals surface area contributed by atoms with Gasteiger partial charge in [-0.3, -0.25) is 0 Å². The van der Waals surface area contributed by atoms with E-state index in [0.717, 1.165) is 18.5 Å². The van der Waals surface area contributed by atoms with Gasteiger partial charge in [-0.05, 0) is 25.3 Å². The molecule has 1 aliphatic carbocycles. The summed E-state index contributed by atoms with van der Waals surface area (Å²) in [6.45, 7) is 2.09. The highest BCUT2D eigenvalue weighted by molar-refractivity contribution is 5.32. The molecule has 4 heteroatoms. The fraction of sp³-hybridized carbons (Fsp3) is 0.357. The summed E-state index contributed by atoms with van der Waals surface area (Å²) < 4.78 is 1.91. The Kier molecular flexibility index (Phi) is 2.60. The summed E-state index contributed by atoms with van der Waals surface area (Å²) in [4.78, 5) is 0. The van der Waals surface area contributed by atoms with Gasteiger partial charge < -0.3 is 0 Å². The van der Waals surface area contributed by atoms with Crippen LogP contribution in [-0.2, 0) is 0 Å². The molecule has 0 saturated heterocycles. The molecule has 1 fully saturated rings. The fourth-order valence-corrected chi connectivity index (χ4v) is 2.28. The third-order valence-corrected chi connectivity index (χ3v) is 3.45. The minimum atomic E-state index is 0.122. The quantitative estimate of drug-likeness (QED) is 0.826. The zero-order valence-electron chi connectivity index (χ0n) is 10.2. The van der Waals surface area contributed by atoms with Gasteiger partial charge in [-0.2, -0.15) is 5.26 Å². The van der Waals surface area contributed by atoms with Crippen LogP contribution in [0.4, 0.5) is 0 Å². The van der Waals surface area contributed by atoms with Gasteiger partial charge in [0.1, 0.15) is 6.07 Å². The Bertz CT molecular complexity index is 590. The Hall–Kier alpha value is -2.15. The molecule has 1 heterocycles. The smallest absolute Gasteiger partial charge is 0.186 e. The van der Waals surface area contributed by atoms with E-state index in [1.807, 2.05) is 22.9 Å². The summed E-state index contributed by atoms with van der Waals surface area (Å²) in [6, 6.07) is 12.5. The first-order valence-corrected chi connectivity index (χ1v) is 6.21. The molecule has 0 bridgehead atoms. The van der Waals surface area contributed by atoms with Crippen molar-refractivity contribution in [3.8, 4) is 6.07 Å². The molecule has 0 radical (unpaired) electrons. The first-order valence-electron chi connectivity index (χ1n) is 6.21. The molecule has 1 aromatic carbocycles. The van der Waals surface area contributed by atoms with Gasteiger partial charge in [0.2, 0.25) is 0 Å². The number of nitriles is 1. The van der Waals surface area contributed by atoms with Crippen LogP contribution in [0.5, 0.6) is 0 Å². The number of nitrogens with zero attached hydrogens (tertiary/aromatic N) is 4. The maximum atomic E-state index is 9.09. The van der Waals surface area contributed by atoms with Gasteiger partial charge in [0.05, 0.1) is 11.7 Å². The molecule has 1 unspecified atom stereocenters. The minimum absolute atomic E-state index is 0.122. The van der Waals surface area contributed by atoms with Crippen molar-refractivity contribution in [2.24, 2.45) is 0 Å². The number of hydrogen-bond acceptors (Lipinski definition) is 3. The first-order chi connectivity index (χ1) is 8.81. The number of aromatic nitrogens is 3. The summed E-state index contributed by atoms with van der Waals surface area (Å²) in [7, 11) is 0. The standard InChI is InChI=1S/C14H14N4/c1-10(11-5-3-2-4-6-11)18-14(12-7-8-12)13(9-15)16-17-18/h2-6,10,12H,7-8H2,1H3. The van der Waals surface area contributed by atoms with E-state index < -0.39 is 0 Å². The van der Waals surface area contributed by atoms with Crippen molar-refractivity contribution in [1.29, 1.82) is 5.26 Å². The van der Waals surface area contributed by atoms with E-state index in [0.29, 0.717) is 11.6 Å². The predicted molar refractivity (Wildman–Crippen MR) is 67.0 cm³/mol. The molecule has 18 heavy (non-hydrogen) atoms. The zero-order valence-corrected chi connectivity index (χ0v) is 10.2. The van der Waals surface area contributed by atoms with Gasteiger partial charge in [0, 0.05) is 5.92 Å². The van der Waals surface area contributed by atoms with E-state index in [9.17, 15) is 0 Å².